The van der Waals surface area contributed by atoms with Crippen LogP contribution in [0.3, 0.4) is 0 Å². The summed E-state index contributed by atoms with van der Waals surface area (Å²) >= 11 is 7.50. The third-order valence-corrected chi connectivity index (χ3v) is 5.46. The van der Waals surface area contributed by atoms with Gasteiger partial charge >= 0.3 is 0 Å². The van der Waals surface area contributed by atoms with Gasteiger partial charge in [-0.2, -0.15) is 0 Å². The highest BCUT2D eigenvalue weighted by atomic mass is 35.5. The third-order valence-electron chi connectivity index (χ3n) is 4.18. The molecule has 2 nitrogen and oxygen atoms in total. The molecule has 3 unspecified atom stereocenters. The molecule has 3 atom stereocenters. The van der Waals surface area contributed by atoms with E-state index in [1.165, 1.54) is 25.7 Å². The summed E-state index contributed by atoms with van der Waals surface area (Å²) in [6.45, 7) is 1.16. The molecule has 88 valence electrons. The number of hydrogen-bond acceptors (Lipinski definition) is 3. The molecule has 1 aromatic rings. The molecule has 16 heavy (non-hydrogen) atoms. The lowest BCUT2D eigenvalue weighted by Gasteiger charge is -2.26. The van der Waals surface area contributed by atoms with Gasteiger partial charge in [-0.3, -0.25) is 0 Å². The van der Waals surface area contributed by atoms with Gasteiger partial charge in [0.05, 0.1) is 0 Å². The lowest BCUT2D eigenvalue weighted by Crippen LogP contribution is -2.28. The first-order valence-electron chi connectivity index (χ1n) is 6.04. The minimum Gasteiger partial charge on any atom is -0.351 e. The maximum absolute atomic E-state index is 5.86. The fourth-order valence-electron chi connectivity index (χ4n) is 3.45. The maximum atomic E-state index is 5.86. The second-order valence-electron chi connectivity index (χ2n) is 5.27. The van der Waals surface area contributed by atoms with Crippen LogP contribution in [0.4, 0.5) is 5.13 Å². The van der Waals surface area contributed by atoms with E-state index in [0.717, 1.165) is 29.4 Å². The lowest BCUT2D eigenvalue weighted by molar-refractivity contribution is 0.337. The van der Waals surface area contributed by atoms with Crippen LogP contribution in [-0.2, 0) is 0 Å². The van der Waals surface area contributed by atoms with Crippen LogP contribution >= 0.6 is 22.9 Å². The average Bonchev–Trinajstić information content (AvgIpc) is 2.92. The van der Waals surface area contributed by atoms with Crippen molar-refractivity contribution in [2.24, 2.45) is 17.8 Å². The predicted molar refractivity (Wildman–Crippen MR) is 69.3 cm³/mol. The van der Waals surface area contributed by atoms with E-state index < -0.39 is 0 Å². The molecule has 2 aliphatic rings. The van der Waals surface area contributed by atoms with Crippen molar-refractivity contribution in [2.45, 2.75) is 25.7 Å². The van der Waals surface area contributed by atoms with Crippen molar-refractivity contribution in [2.75, 3.05) is 18.5 Å². The van der Waals surface area contributed by atoms with E-state index in [9.17, 15) is 0 Å². The molecule has 0 aliphatic heterocycles. The Labute approximate surface area is 106 Å². The molecule has 2 aliphatic carbocycles. The van der Waals surface area contributed by atoms with Crippen LogP contribution < -0.4 is 4.90 Å². The molecule has 0 spiro atoms. The highest BCUT2D eigenvalue weighted by Gasteiger charge is 2.39. The van der Waals surface area contributed by atoms with Gasteiger partial charge in [0.25, 0.3) is 0 Å². The number of nitrogens with zero attached hydrogens (tertiary/aromatic N) is 2. The first kappa shape index (κ1) is 10.8. The zero-order chi connectivity index (χ0) is 11.1. The molecular formula is C12H17ClN2S. The Balaban J connectivity index is 1.62. The van der Waals surface area contributed by atoms with E-state index in [2.05, 4.69) is 16.9 Å². The van der Waals surface area contributed by atoms with Crippen molar-refractivity contribution < 1.29 is 0 Å². The summed E-state index contributed by atoms with van der Waals surface area (Å²) in [6.07, 6.45) is 5.86. The molecule has 1 heterocycles. The lowest BCUT2D eigenvalue weighted by atomic mass is 9.88. The Morgan fingerprint density at radius 2 is 2.38 bits per heavy atom. The van der Waals surface area contributed by atoms with E-state index in [1.54, 1.807) is 11.3 Å². The van der Waals surface area contributed by atoms with Crippen molar-refractivity contribution in [3.05, 3.63) is 10.5 Å². The van der Waals surface area contributed by atoms with Gasteiger partial charge < -0.3 is 4.90 Å². The van der Waals surface area contributed by atoms with Crippen molar-refractivity contribution in [3.63, 3.8) is 0 Å². The second-order valence-corrected chi connectivity index (χ2v) is 6.49. The molecule has 0 aromatic carbocycles. The third kappa shape index (κ3) is 1.95. The molecule has 0 saturated heterocycles. The Morgan fingerprint density at radius 3 is 2.94 bits per heavy atom. The van der Waals surface area contributed by atoms with Crippen molar-refractivity contribution >= 4 is 28.1 Å². The number of thiazole rings is 1. The van der Waals surface area contributed by atoms with Crippen LogP contribution in [0.25, 0.3) is 0 Å². The van der Waals surface area contributed by atoms with E-state index in [1.807, 2.05) is 5.38 Å². The van der Waals surface area contributed by atoms with Gasteiger partial charge in [0.1, 0.15) is 5.15 Å². The molecule has 2 fully saturated rings. The Hall–Kier alpha value is -0.280. The molecule has 4 heteroatoms. The van der Waals surface area contributed by atoms with Crippen LogP contribution in [0, 0.1) is 17.8 Å². The number of rotatable bonds is 3. The topological polar surface area (TPSA) is 16.1 Å². The van der Waals surface area contributed by atoms with Crippen LogP contribution in [-0.4, -0.2) is 18.6 Å². The minimum atomic E-state index is 0.625. The smallest absolute Gasteiger partial charge is 0.186 e. The maximum Gasteiger partial charge on any atom is 0.186 e. The first-order chi connectivity index (χ1) is 7.72. The van der Waals surface area contributed by atoms with Gasteiger partial charge in [-0.15, -0.1) is 11.3 Å². The summed E-state index contributed by atoms with van der Waals surface area (Å²) < 4.78 is 0. The zero-order valence-electron chi connectivity index (χ0n) is 9.53. The molecule has 0 N–H and O–H groups in total. The van der Waals surface area contributed by atoms with Crippen LogP contribution in [0.5, 0.6) is 0 Å². The molecule has 2 bridgehead atoms. The van der Waals surface area contributed by atoms with Gasteiger partial charge in [0.2, 0.25) is 0 Å². The zero-order valence-corrected chi connectivity index (χ0v) is 11.1. The second kappa shape index (κ2) is 4.19. The summed E-state index contributed by atoms with van der Waals surface area (Å²) in [6, 6.07) is 0. The highest BCUT2D eigenvalue weighted by Crippen LogP contribution is 2.48. The predicted octanol–water partition coefficient (Wildman–Crippen LogP) is 3.67. The van der Waals surface area contributed by atoms with Crippen LogP contribution in [0.15, 0.2) is 5.38 Å². The van der Waals surface area contributed by atoms with Gasteiger partial charge in [-0.25, -0.2) is 4.98 Å². The Kier molecular flexibility index (Phi) is 2.84. The number of halogens is 1. The SMILES string of the molecule is CN(CC1CC2CCC1C2)c1nc(Cl)cs1. The van der Waals surface area contributed by atoms with Gasteiger partial charge in [0, 0.05) is 19.0 Å². The van der Waals surface area contributed by atoms with Crippen LogP contribution in [0.1, 0.15) is 25.7 Å². The summed E-state index contributed by atoms with van der Waals surface area (Å²) in [4.78, 5) is 6.60. The summed E-state index contributed by atoms with van der Waals surface area (Å²) in [5.41, 5.74) is 0. The molecular weight excluding hydrogens is 240 g/mol. The van der Waals surface area contributed by atoms with E-state index in [0.29, 0.717) is 5.15 Å². The van der Waals surface area contributed by atoms with E-state index >= 15 is 0 Å². The van der Waals surface area contributed by atoms with E-state index in [4.69, 9.17) is 11.6 Å². The monoisotopic (exact) mass is 256 g/mol. The molecule has 1 aromatic heterocycles. The highest BCUT2D eigenvalue weighted by molar-refractivity contribution is 7.14. The number of anilines is 1. The summed E-state index contributed by atoms with van der Waals surface area (Å²) in [5.74, 6) is 2.91. The quantitative estimate of drug-likeness (QED) is 0.820. The normalized spacial score (nSPS) is 32.2. The number of aromatic nitrogens is 1. The minimum absolute atomic E-state index is 0.625. The largest absolute Gasteiger partial charge is 0.351 e. The van der Waals surface area contributed by atoms with Gasteiger partial charge in [0.15, 0.2) is 5.13 Å². The Bertz CT molecular complexity index is 379. The summed E-state index contributed by atoms with van der Waals surface area (Å²) in [5, 5.41) is 3.60. The van der Waals surface area contributed by atoms with Crippen LogP contribution in [0.2, 0.25) is 5.15 Å². The molecule has 2 saturated carbocycles. The fourth-order valence-corrected chi connectivity index (χ4v) is 4.38. The van der Waals surface area contributed by atoms with Crippen molar-refractivity contribution in [1.82, 2.24) is 4.98 Å². The van der Waals surface area contributed by atoms with E-state index in [-0.39, 0.29) is 0 Å². The fraction of sp³-hybridized carbons (Fsp3) is 0.750. The van der Waals surface area contributed by atoms with Gasteiger partial charge in [-0.05, 0) is 37.0 Å². The first-order valence-corrected chi connectivity index (χ1v) is 7.30. The summed E-state index contributed by atoms with van der Waals surface area (Å²) in [7, 11) is 2.14. The molecule has 0 radical (unpaired) electrons. The molecule has 0 amide bonds. The number of hydrogen-bond donors (Lipinski definition) is 0. The average molecular weight is 257 g/mol. The van der Waals surface area contributed by atoms with Crippen molar-refractivity contribution in [1.29, 1.82) is 0 Å². The number of fused-ring (bicyclic) bond motifs is 2. The Morgan fingerprint density at radius 1 is 1.50 bits per heavy atom. The molecule has 3 rings (SSSR count). The standard InChI is InChI=1S/C12H17ClN2S/c1-15(12-14-11(13)7-16-12)6-10-5-8-2-3-9(10)4-8/h7-10H,2-6H2,1H3. The van der Waals surface area contributed by atoms with Gasteiger partial charge in [-0.1, -0.05) is 18.0 Å². The van der Waals surface area contributed by atoms with Crippen molar-refractivity contribution in [3.8, 4) is 0 Å².